The Bertz CT molecular complexity index is 766. The average molecular weight is 441 g/mol. The molecule has 2 aromatic rings. The van der Waals surface area contributed by atoms with Crippen molar-refractivity contribution in [2.24, 2.45) is 0 Å². The fourth-order valence-electron chi connectivity index (χ4n) is 1.55. The molecule has 0 spiro atoms. The zero-order valence-corrected chi connectivity index (χ0v) is 14.6. The maximum Gasteiger partial charge on any atom is 0.263 e. The van der Waals surface area contributed by atoms with Crippen LogP contribution in [-0.4, -0.2) is 8.42 Å². The van der Waals surface area contributed by atoms with Gasteiger partial charge < -0.3 is 5.73 Å². The summed E-state index contributed by atoms with van der Waals surface area (Å²) in [6.45, 7) is 0. The van der Waals surface area contributed by atoms with Crippen molar-refractivity contribution in [3.63, 3.8) is 0 Å². The molecule has 0 heterocycles. The number of anilines is 2. The van der Waals surface area contributed by atoms with Crippen molar-refractivity contribution in [2.75, 3.05) is 10.5 Å². The van der Waals surface area contributed by atoms with Gasteiger partial charge in [-0.05, 0) is 46.3 Å². The van der Waals surface area contributed by atoms with Crippen LogP contribution >= 0.6 is 43.5 Å². The van der Waals surface area contributed by atoms with Crippen LogP contribution in [0.3, 0.4) is 0 Å². The molecule has 0 fully saturated rings. The molecule has 0 aromatic heterocycles. The van der Waals surface area contributed by atoms with E-state index in [-0.39, 0.29) is 10.6 Å². The first-order valence-electron chi connectivity index (χ1n) is 5.33. The van der Waals surface area contributed by atoms with E-state index in [1.54, 1.807) is 24.3 Å². The van der Waals surface area contributed by atoms with E-state index in [0.717, 1.165) is 0 Å². The molecule has 0 saturated heterocycles. The second-order valence-corrected chi connectivity index (χ2v) is 7.66. The summed E-state index contributed by atoms with van der Waals surface area (Å²) in [5.74, 6) is 0. The Kier molecular flexibility index (Phi) is 4.63. The Morgan fingerprint density at radius 3 is 2.50 bits per heavy atom. The molecular formula is C12H9Br2ClN2O2S. The Hall–Kier alpha value is -0.760. The number of sulfonamides is 1. The van der Waals surface area contributed by atoms with Gasteiger partial charge in [0.15, 0.2) is 0 Å². The zero-order chi connectivity index (χ0) is 14.9. The summed E-state index contributed by atoms with van der Waals surface area (Å²) in [5.41, 5.74) is 6.25. The highest BCUT2D eigenvalue weighted by Gasteiger charge is 2.19. The molecule has 0 bridgehead atoms. The lowest BCUT2D eigenvalue weighted by atomic mass is 10.3. The minimum absolute atomic E-state index is 0.00701. The molecule has 106 valence electrons. The van der Waals surface area contributed by atoms with E-state index in [1.807, 2.05) is 0 Å². The molecule has 2 aromatic carbocycles. The van der Waals surface area contributed by atoms with Crippen LogP contribution in [-0.2, 0) is 10.0 Å². The summed E-state index contributed by atoms with van der Waals surface area (Å²) in [6.07, 6.45) is 0. The van der Waals surface area contributed by atoms with Crippen LogP contribution in [0.25, 0.3) is 0 Å². The molecule has 0 radical (unpaired) electrons. The zero-order valence-electron chi connectivity index (χ0n) is 9.90. The Labute approximate surface area is 138 Å². The summed E-state index contributed by atoms with van der Waals surface area (Å²) in [5, 5.41) is 0.411. The third-order valence-corrected chi connectivity index (χ3v) is 5.79. The second-order valence-electron chi connectivity index (χ2n) is 3.89. The molecule has 0 saturated carbocycles. The predicted octanol–water partition coefficient (Wildman–Crippen LogP) is 4.25. The number of rotatable bonds is 3. The monoisotopic (exact) mass is 438 g/mol. The third kappa shape index (κ3) is 3.28. The van der Waals surface area contributed by atoms with Crippen LogP contribution in [0.15, 0.2) is 50.2 Å². The molecule has 0 aliphatic heterocycles. The lowest BCUT2D eigenvalue weighted by Gasteiger charge is -2.12. The first kappa shape index (κ1) is 15.6. The lowest BCUT2D eigenvalue weighted by molar-refractivity contribution is 0.601. The number of hydrogen-bond donors (Lipinski definition) is 2. The third-order valence-electron chi connectivity index (χ3n) is 2.46. The van der Waals surface area contributed by atoms with Gasteiger partial charge >= 0.3 is 0 Å². The Morgan fingerprint density at radius 2 is 1.85 bits per heavy atom. The summed E-state index contributed by atoms with van der Waals surface area (Å²) in [4.78, 5) is 0.00701. The maximum atomic E-state index is 12.3. The van der Waals surface area contributed by atoms with E-state index in [9.17, 15) is 8.42 Å². The Morgan fingerprint density at radius 1 is 1.15 bits per heavy atom. The number of nitrogens with two attached hydrogens (primary N) is 1. The van der Waals surface area contributed by atoms with Gasteiger partial charge in [0.05, 0.1) is 20.9 Å². The topological polar surface area (TPSA) is 72.2 Å². The molecule has 8 heteroatoms. The van der Waals surface area contributed by atoms with Gasteiger partial charge in [0.1, 0.15) is 4.90 Å². The standard InChI is InChI=1S/C12H9Br2ClN2O2S/c13-7-4-5-11(9(16)6-7)20(18,19)17-10-3-1-2-8(15)12(10)14/h1-6,17H,16H2. The molecule has 0 atom stereocenters. The van der Waals surface area contributed by atoms with Gasteiger partial charge in [-0.25, -0.2) is 8.42 Å². The molecular weight excluding hydrogens is 431 g/mol. The van der Waals surface area contributed by atoms with E-state index < -0.39 is 10.0 Å². The van der Waals surface area contributed by atoms with E-state index in [0.29, 0.717) is 19.7 Å². The molecule has 3 N–H and O–H groups in total. The molecule has 4 nitrogen and oxygen atoms in total. The number of nitrogen functional groups attached to an aromatic ring is 1. The molecule has 0 aliphatic rings. The lowest BCUT2D eigenvalue weighted by Crippen LogP contribution is -2.15. The van der Waals surface area contributed by atoms with Crippen molar-refractivity contribution in [1.29, 1.82) is 0 Å². The van der Waals surface area contributed by atoms with Crippen LogP contribution in [0.4, 0.5) is 11.4 Å². The summed E-state index contributed by atoms with van der Waals surface area (Å²) < 4.78 is 28.3. The van der Waals surface area contributed by atoms with Crippen molar-refractivity contribution >= 4 is 64.9 Å². The van der Waals surface area contributed by atoms with E-state index in [1.165, 1.54) is 12.1 Å². The maximum absolute atomic E-state index is 12.3. The van der Waals surface area contributed by atoms with Gasteiger partial charge in [0.25, 0.3) is 10.0 Å². The quantitative estimate of drug-likeness (QED) is 0.701. The van der Waals surface area contributed by atoms with Crippen molar-refractivity contribution in [2.45, 2.75) is 4.90 Å². The van der Waals surface area contributed by atoms with Gasteiger partial charge in [0, 0.05) is 4.47 Å². The summed E-state index contributed by atoms with van der Waals surface area (Å²) in [7, 11) is -3.78. The van der Waals surface area contributed by atoms with E-state index >= 15 is 0 Å². The number of hydrogen-bond acceptors (Lipinski definition) is 3. The fourth-order valence-corrected chi connectivity index (χ4v) is 3.78. The van der Waals surface area contributed by atoms with Gasteiger partial charge in [-0.3, -0.25) is 4.72 Å². The smallest absolute Gasteiger partial charge is 0.263 e. The molecule has 20 heavy (non-hydrogen) atoms. The van der Waals surface area contributed by atoms with E-state index in [2.05, 4.69) is 36.6 Å². The second kappa shape index (κ2) is 5.93. The van der Waals surface area contributed by atoms with Crippen LogP contribution in [0.5, 0.6) is 0 Å². The van der Waals surface area contributed by atoms with Crippen molar-refractivity contribution in [3.8, 4) is 0 Å². The summed E-state index contributed by atoms with van der Waals surface area (Å²) >= 11 is 12.4. The fraction of sp³-hybridized carbons (Fsp3) is 0. The molecule has 0 aliphatic carbocycles. The minimum Gasteiger partial charge on any atom is -0.398 e. The first-order chi connectivity index (χ1) is 9.31. The Balaban J connectivity index is 2.44. The molecule has 0 unspecified atom stereocenters. The van der Waals surface area contributed by atoms with Gasteiger partial charge in [-0.2, -0.15) is 0 Å². The normalized spacial score (nSPS) is 11.3. The average Bonchev–Trinajstić information content (AvgIpc) is 2.34. The van der Waals surface area contributed by atoms with Crippen LogP contribution in [0.2, 0.25) is 5.02 Å². The van der Waals surface area contributed by atoms with Crippen LogP contribution in [0, 0.1) is 0 Å². The number of nitrogens with one attached hydrogen (secondary N) is 1. The minimum atomic E-state index is -3.78. The van der Waals surface area contributed by atoms with Gasteiger partial charge in [-0.1, -0.05) is 33.6 Å². The first-order valence-corrected chi connectivity index (χ1v) is 8.78. The molecule has 0 amide bonds. The van der Waals surface area contributed by atoms with Crippen molar-refractivity contribution in [1.82, 2.24) is 0 Å². The van der Waals surface area contributed by atoms with Crippen molar-refractivity contribution in [3.05, 3.63) is 50.4 Å². The highest BCUT2D eigenvalue weighted by Crippen LogP contribution is 2.32. The van der Waals surface area contributed by atoms with Crippen molar-refractivity contribution < 1.29 is 8.42 Å². The predicted molar refractivity (Wildman–Crippen MR) is 88.5 cm³/mol. The van der Waals surface area contributed by atoms with E-state index in [4.69, 9.17) is 17.3 Å². The highest BCUT2D eigenvalue weighted by molar-refractivity contribution is 9.11. The largest absolute Gasteiger partial charge is 0.398 e. The number of benzene rings is 2. The number of halogens is 3. The molecule has 2 rings (SSSR count). The van der Waals surface area contributed by atoms with Crippen LogP contribution < -0.4 is 10.5 Å². The SMILES string of the molecule is Nc1cc(Br)ccc1S(=O)(=O)Nc1cccc(Cl)c1Br. The summed E-state index contributed by atoms with van der Waals surface area (Å²) in [6, 6.07) is 9.47. The highest BCUT2D eigenvalue weighted by atomic mass is 79.9. The van der Waals surface area contributed by atoms with Gasteiger partial charge in [-0.15, -0.1) is 0 Å². The van der Waals surface area contributed by atoms with Gasteiger partial charge in [0.2, 0.25) is 0 Å². The van der Waals surface area contributed by atoms with Crippen LogP contribution in [0.1, 0.15) is 0 Å².